The van der Waals surface area contributed by atoms with Gasteiger partial charge in [-0.25, -0.2) is 0 Å². The van der Waals surface area contributed by atoms with Crippen LogP contribution in [0.25, 0.3) is 0 Å². The highest BCUT2D eigenvalue weighted by Gasteiger charge is 2.36. The number of primary amides is 1. The molecule has 0 radical (unpaired) electrons. The lowest BCUT2D eigenvalue weighted by Crippen LogP contribution is -2.62. The van der Waals surface area contributed by atoms with Crippen LogP contribution < -0.4 is 48.7 Å². The average Bonchev–Trinajstić information content (AvgIpc) is 3.46. The molecule has 0 aromatic carbocycles. The molecule has 0 aliphatic carbocycles. The molecule has 0 aromatic rings. The zero-order valence-corrected chi connectivity index (χ0v) is 28.7. The predicted molar refractivity (Wildman–Crippen MR) is 175 cm³/mol. The quantitative estimate of drug-likeness (QED) is 0.0542. The number of carboxylic acids is 1. The van der Waals surface area contributed by atoms with Gasteiger partial charge in [-0.05, 0) is 38.0 Å². The lowest BCUT2D eigenvalue weighted by atomic mass is 9.96. The Morgan fingerprint density at radius 2 is 1.43 bits per heavy atom. The molecule has 0 aromatic heterocycles. The van der Waals surface area contributed by atoms with E-state index in [9.17, 15) is 43.5 Å². The molecule has 19 nitrogen and oxygen atoms in total. The molecule has 49 heavy (non-hydrogen) atoms. The summed E-state index contributed by atoms with van der Waals surface area (Å²) in [7, 11) is 0. The fourth-order valence-corrected chi connectivity index (χ4v) is 4.89. The number of nitrogens with two attached hydrogens (primary N) is 2. The van der Waals surface area contributed by atoms with Crippen molar-refractivity contribution >= 4 is 47.3 Å². The fourth-order valence-electron chi connectivity index (χ4n) is 4.89. The summed E-state index contributed by atoms with van der Waals surface area (Å²) in [5.74, 6) is -7.20. The van der Waals surface area contributed by atoms with Crippen LogP contribution >= 0.6 is 0 Å². The van der Waals surface area contributed by atoms with E-state index in [0.29, 0.717) is 19.4 Å². The van der Waals surface area contributed by atoms with Crippen LogP contribution in [-0.4, -0.2) is 120 Å². The third-order valence-electron chi connectivity index (χ3n) is 7.85. The van der Waals surface area contributed by atoms with Gasteiger partial charge in [-0.1, -0.05) is 34.1 Å². The van der Waals surface area contributed by atoms with Crippen LogP contribution in [0, 0.1) is 11.8 Å². The monoisotopic (exact) mass is 699 g/mol. The number of carbonyl (C=O) groups is 8. The molecule has 8 atom stereocenters. The van der Waals surface area contributed by atoms with Gasteiger partial charge in [0.2, 0.25) is 41.4 Å². The summed E-state index contributed by atoms with van der Waals surface area (Å²) in [6.07, 6.45) is -1.02. The van der Waals surface area contributed by atoms with Gasteiger partial charge in [0.25, 0.3) is 0 Å². The van der Waals surface area contributed by atoms with Gasteiger partial charge in [0, 0.05) is 19.0 Å². The average molecular weight is 700 g/mol. The lowest BCUT2D eigenvalue weighted by molar-refractivity contribution is -0.138. The molecule has 0 saturated carbocycles. The molecule has 13 N–H and O–H groups in total. The Hall–Kier alpha value is -4.36. The maximum Gasteiger partial charge on any atom is 0.322 e. The van der Waals surface area contributed by atoms with Gasteiger partial charge in [-0.2, -0.15) is 0 Å². The molecule has 1 saturated heterocycles. The Morgan fingerprint density at radius 1 is 0.816 bits per heavy atom. The maximum absolute atomic E-state index is 13.6. The van der Waals surface area contributed by atoms with Gasteiger partial charge in [0.15, 0.2) is 0 Å². The van der Waals surface area contributed by atoms with Crippen molar-refractivity contribution in [2.45, 2.75) is 109 Å². The van der Waals surface area contributed by atoms with E-state index < -0.39 is 103 Å². The fraction of sp³-hybridized carbons (Fsp3) is 0.733. The van der Waals surface area contributed by atoms with E-state index in [4.69, 9.17) is 16.6 Å². The molecule has 1 aliphatic heterocycles. The highest BCUT2D eigenvalue weighted by molar-refractivity contribution is 5.97. The zero-order chi connectivity index (χ0) is 37.4. The number of carboxylic acid groups (broad SMARTS) is 1. The van der Waals surface area contributed by atoms with Gasteiger partial charge in [-0.3, -0.25) is 38.4 Å². The van der Waals surface area contributed by atoms with Crippen molar-refractivity contribution in [2.24, 2.45) is 23.3 Å². The third-order valence-corrected chi connectivity index (χ3v) is 7.85. The van der Waals surface area contributed by atoms with Crippen molar-refractivity contribution in [1.82, 2.24) is 37.2 Å². The molecule has 1 heterocycles. The predicted octanol–water partition coefficient (Wildman–Crippen LogP) is -4.33. The van der Waals surface area contributed by atoms with Crippen molar-refractivity contribution in [3.8, 4) is 0 Å². The van der Waals surface area contributed by atoms with Crippen LogP contribution in [0.2, 0.25) is 0 Å². The number of hydrogen-bond acceptors (Lipinski definition) is 11. The summed E-state index contributed by atoms with van der Waals surface area (Å²) >= 11 is 0. The van der Waals surface area contributed by atoms with E-state index in [1.165, 1.54) is 6.92 Å². The first-order valence-corrected chi connectivity index (χ1v) is 16.3. The second kappa shape index (κ2) is 20.9. The summed E-state index contributed by atoms with van der Waals surface area (Å²) < 4.78 is 0. The van der Waals surface area contributed by atoms with Gasteiger partial charge < -0.3 is 58.9 Å². The number of amides is 7. The van der Waals surface area contributed by atoms with Crippen LogP contribution in [0.3, 0.4) is 0 Å². The van der Waals surface area contributed by atoms with Gasteiger partial charge >= 0.3 is 5.97 Å². The topological polar surface area (TPSA) is 313 Å². The largest absolute Gasteiger partial charge is 0.480 e. The molecule has 7 amide bonds. The highest BCUT2D eigenvalue weighted by Crippen LogP contribution is 2.12. The van der Waals surface area contributed by atoms with Crippen molar-refractivity contribution in [3.63, 3.8) is 0 Å². The van der Waals surface area contributed by atoms with E-state index in [1.807, 2.05) is 0 Å². The molecule has 1 aliphatic rings. The molecule has 1 fully saturated rings. The molecule has 278 valence electrons. The number of rotatable bonds is 21. The summed E-state index contributed by atoms with van der Waals surface area (Å²) in [6, 6.07) is -6.18. The number of aliphatic hydroxyl groups excluding tert-OH is 1. The van der Waals surface area contributed by atoms with Crippen molar-refractivity contribution in [1.29, 1.82) is 0 Å². The van der Waals surface area contributed by atoms with Crippen molar-refractivity contribution in [2.75, 3.05) is 19.6 Å². The number of hydrogen-bond donors (Lipinski definition) is 11. The number of nitrogens with one attached hydrogen (secondary N) is 7. The molecular formula is C30H53N9O10. The van der Waals surface area contributed by atoms with Crippen molar-refractivity contribution in [3.05, 3.63) is 0 Å². The van der Waals surface area contributed by atoms with Gasteiger partial charge in [-0.15, -0.1) is 0 Å². The second-order valence-electron chi connectivity index (χ2n) is 12.7. The Labute approximate surface area is 285 Å². The number of aliphatic carboxylic acids is 1. The molecule has 19 heteroatoms. The Morgan fingerprint density at radius 3 is 1.94 bits per heavy atom. The Bertz CT molecular complexity index is 1200. The van der Waals surface area contributed by atoms with Gasteiger partial charge in [0.05, 0.1) is 18.7 Å². The van der Waals surface area contributed by atoms with Crippen LogP contribution in [0.1, 0.15) is 66.7 Å². The van der Waals surface area contributed by atoms with Crippen LogP contribution in [0.4, 0.5) is 0 Å². The van der Waals surface area contributed by atoms with Gasteiger partial charge in [0.1, 0.15) is 30.7 Å². The van der Waals surface area contributed by atoms with E-state index >= 15 is 0 Å². The highest BCUT2D eigenvalue weighted by atomic mass is 16.4. The van der Waals surface area contributed by atoms with Crippen molar-refractivity contribution < 1.29 is 48.6 Å². The Kier molecular flexibility index (Phi) is 18.2. The number of aliphatic hydroxyl groups is 1. The minimum Gasteiger partial charge on any atom is -0.480 e. The lowest BCUT2D eigenvalue weighted by Gasteiger charge is -2.30. The van der Waals surface area contributed by atoms with E-state index in [1.54, 1.807) is 27.7 Å². The normalized spacial score (nSPS) is 19.3. The zero-order valence-electron chi connectivity index (χ0n) is 28.7. The first-order chi connectivity index (χ1) is 22.9. The first kappa shape index (κ1) is 42.7. The second-order valence-corrected chi connectivity index (χ2v) is 12.7. The molecule has 0 spiro atoms. The first-order valence-electron chi connectivity index (χ1n) is 16.3. The smallest absolute Gasteiger partial charge is 0.322 e. The van der Waals surface area contributed by atoms with E-state index in [2.05, 4.69) is 37.2 Å². The van der Waals surface area contributed by atoms with Crippen LogP contribution in [-0.2, 0) is 38.4 Å². The van der Waals surface area contributed by atoms with Crippen LogP contribution in [0.15, 0.2) is 0 Å². The Balaban J connectivity index is 3.10. The van der Waals surface area contributed by atoms with Crippen LogP contribution in [0.5, 0.6) is 0 Å². The minimum atomic E-state index is -1.58. The summed E-state index contributed by atoms with van der Waals surface area (Å²) in [5, 5.41) is 36.6. The third kappa shape index (κ3) is 15.6. The standard InChI is InChI=1S/C30H53N9O10/c1-6-15(4)24(38-27(46)18(7-8-21(32)41)36-28(47)19-10-17(31)11-33-19)29(48)39-25(16(5)40)30(49)37-20(9-14(2)3)26(45)35-12-22(42)34-13-23(43)44/h14-20,24-25,33,40H,6-13,31H2,1-5H3,(H2,32,41)(H,34,42)(H,35,45)(H,36,47)(H,37,49)(H,38,46)(H,39,48)(H,43,44)/t15-,16+,17?,18-,19-,20-,24-,25-/m0/s1. The molecule has 1 unspecified atom stereocenters. The minimum absolute atomic E-state index is 0.112. The SMILES string of the molecule is CC[C@H](C)[C@H](NC(=O)[C@H](CCC(N)=O)NC(=O)[C@@H]1CC(N)CN1)C(=O)N[C@H](C(=O)N[C@@H](CC(C)C)C(=O)NCC(=O)NCC(=O)O)[C@@H](C)O. The summed E-state index contributed by atoms with van der Waals surface area (Å²) in [4.78, 5) is 100. The molecule has 1 rings (SSSR count). The number of carbonyl (C=O) groups excluding carboxylic acids is 7. The van der Waals surface area contributed by atoms with E-state index in [-0.39, 0.29) is 31.2 Å². The summed E-state index contributed by atoms with van der Waals surface area (Å²) in [6.45, 7) is 7.41. The molecule has 0 bridgehead atoms. The molecular weight excluding hydrogens is 646 g/mol. The summed E-state index contributed by atoms with van der Waals surface area (Å²) in [5.41, 5.74) is 11.1. The maximum atomic E-state index is 13.6. The van der Waals surface area contributed by atoms with E-state index in [0.717, 1.165) is 0 Å².